The van der Waals surface area contributed by atoms with Gasteiger partial charge in [0.25, 0.3) is 0 Å². The summed E-state index contributed by atoms with van der Waals surface area (Å²) in [5.74, 6) is 0. The number of aromatic nitrogens is 1. The van der Waals surface area contributed by atoms with Crippen LogP contribution in [0.5, 0.6) is 0 Å². The molecule has 2 nitrogen and oxygen atoms in total. The van der Waals surface area contributed by atoms with E-state index in [1.54, 1.807) is 28.9 Å². The molecule has 0 aliphatic rings. The van der Waals surface area contributed by atoms with Crippen molar-refractivity contribution in [3.05, 3.63) is 36.9 Å². The van der Waals surface area contributed by atoms with Gasteiger partial charge in [0.2, 0.25) is 0 Å². The van der Waals surface area contributed by atoms with Gasteiger partial charge < -0.3 is 5.11 Å². The summed E-state index contributed by atoms with van der Waals surface area (Å²) >= 11 is 6.65. The molecule has 0 radical (unpaired) electrons. The molecular formula is C10H10BrNOS2. The molecule has 0 spiro atoms. The normalized spacial score (nSPS) is 13.0. The Morgan fingerprint density at radius 3 is 2.93 bits per heavy atom. The zero-order chi connectivity index (χ0) is 10.8. The highest BCUT2D eigenvalue weighted by Gasteiger charge is 2.13. The van der Waals surface area contributed by atoms with Gasteiger partial charge in [0.1, 0.15) is 0 Å². The zero-order valence-corrected chi connectivity index (χ0v) is 11.3. The first-order valence-electron chi connectivity index (χ1n) is 4.49. The van der Waals surface area contributed by atoms with E-state index in [1.807, 2.05) is 18.4 Å². The van der Waals surface area contributed by atoms with Crippen molar-refractivity contribution in [1.82, 2.24) is 4.98 Å². The largest absolute Gasteiger partial charge is 0.387 e. The fraction of sp³-hybridized carbons (Fsp3) is 0.300. The lowest BCUT2D eigenvalue weighted by molar-refractivity contribution is 0.182. The minimum atomic E-state index is -0.439. The second kappa shape index (κ2) is 4.74. The van der Waals surface area contributed by atoms with Crippen LogP contribution in [0.2, 0.25) is 0 Å². The van der Waals surface area contributed by atoms with Gasteiger partial charge in [-0.15, -0.1) is 22.7 Å². The summed E-state index contributed by atoms with van der Waals surface area (Å²) in [7, 11) is 0. The lowest BCUT2D eigenvalue weighted by Gasteiger charge is -2.04. The highest BCUT2D eigenvalue weighted by atomic mass is 79.9. The average Bonchev–Trinajstić information content (AvgIpc) is 2.78. The van der Waals surface area contributed by atoms with Gasteiger partial charge in [-0.05, 0) is 28.9 Å². The molecule has 5 heteroatoms. The number of thiazole rings is 1. The summed E-state index contributed by atoms with van der Waals surface area (Å²) in [6.45, 7) is 2.04. The van der Waals surface area contributed by atoms with E-state index in [4.69, 9.17) is 0 Å². The first-order valence-corrected chi connectivity index (χ1v) is 6.98. The van der Waals surface area contributed by atoms with E-state index in [2.05, 4.69) is 20.9 Å². The maximum absolute atomic E-state index is 9.99. The van der Waals surface area contributed by atoms with E-state index in [9.17, 15) is 5.11 Å². The molecule has 2 rings (SSSR count). The Hall–Kier alpha value is -0.230. The monoisotopic (exact) mass is 303 g/mol. The van der Waals surface area contributed by atoms with Gasteiger partial charge in [-0.2, -0.15) is 0 Å². The van der Waals surface area contributed by atoms with Gasteiger partial charge >= 0.3 is 0 Å². The van der Waals surface area contributed by atoms with Crippen molar-refractivity contribution >= 4 is 38.6 Å². The Kier molecular flexibility index (Phi) is 3.56. The van der Waals surface area contributed by atoms with Crippen LogP contribution in [0.1, 0.15) is 20.9 Å². The van der Waals surface area contributed by atoms with Gasteiger partial charge in [-0.25, -0.2) is 4.98 Å². The first kappa shape index (κ1) is 11.3. The number of aliphatic hydroxyl groups excluding tert-OH is 1. The van der Waals surface area contributed by atoms with E-state index in [1.165, 1.54) is 4.88 Å². The third-order valence-corrected chi connectivity index (χ3v) is 5.10. The van der Waals surface area contributed by atoms with Crippen LogP contribution in [0, 0.1) is 6.92 Å². The van der Waals surface area contributed by atoms with E-state index in [0.717, 1.165) is 14.4 Å². The minimum absolute atomic E-state index is 0.439. The third kappa shape index (κ3) is 2.66. The van der Waals surface area contributed by atoms with Gasteiger partial charge in [-0.1, -0.05) is 0 Å². The SMILES string of the molecule is Cc1sc(C(O)Cc2nccs2)cc1Br. The molecule has 0 amide bonds. The molecule has 0 aliphatic heterocycles. The Balaban J connectivity index is 2.11. The molecule has 0 aliphatic carbocycles. The van der Waals surface area contributed by atoms with Crippen molar-refractivity contribution in [2.75, 3.05) is 0 Å². The van der Waals surface area contributed by atoms with Crippen LogP contribution in [0.4, 0.5) is 0 Å². The molecule has 0 fully saturated rings. The fourth-order valence-corrected chi connectivity index (χ4v) is 3.47. The number of nitrogens with zero attached hydrogens (tertiary/aromatic N) is 1. The van der Waals surface area contributed by atoms with Gasteiger partial charge in [0.05, 0.1) is 11.1 Å². The molecule has 0 saturated carbocycles. The van der Waals surface area contributed by atoms with E-state index in [0.29, 0.717) is 6.42 Å². The predicted molar refractivity (Wildman–Crippen MR) is 67.5 cm³/mol. The predicted octanol–water partition coefficient (Wildman–Crippen LogP) is 3.55. The number of aryl methyl sites for hydroxylation is 1. The Morgan fingerprint density at radius 2 is 2.40 bits per heavy atom. The van der Waals surface area contributed by atoms with Crippen molar-refractivity contribution in [3.63, 3.8) is 0 Å². The standard InChI is InChI=1S/C10H10BrNOS2/c1-6-7(11)4-9(15-6)8(13)5-10-12-2-3-14-10/h2-4,8,13H,5H2,1H3. The van der Waals surface area contributed by atoms with Gasteiger partial charge in [0, 0.05) is 32.2 Å². The molecule has 15 heavy (non-hydrogen) atoms. The summed E-state index contributed by atoms with van der Waals surface area (Å²) < 4.78 is 1.07. The highest BCUT2D eigenvalue weighted by Crippen LogP contribution is 2.32. The van der Waals surface area contributed by atoms with E-state index in [-0.39, 0.29) is 0 Å². The maximum atomic E-state index is 9.99. The Labute approximate surface area is 105 Å². The van der Waals surface area contributed by atoms with Crippen LogP contribution in [0.3, 0.4) is 0 Å². The summed E-state index contributed by atoms with van der Waals surface area (Å²) in [6.07, 6.45) is 1.93. The van der Waals surface area contributed by atoms with Crippen LogP contribution in [0.25, 0.3) is 0 Å². The lowest BCUT2D eigenvalue weighted by Crippen LogP contribution is -1.98. The molecule has 2 aromatic rings. The first-order chi connectivity index (χ1) is 7.16. The molecule has 0 saturated heterocycles. The average molecular weight is 304 g/mol. The molecule has 1 N–H and O–H groups in total. The summed E-state index contributed by atoms with van der Waals surface area (Å²) in [5.41, 5.74) is 0. The molecule has 2 aromatic heterocycles. The van der Waals surface area contributed by atoms with E-state index < -0.39 is 6.10 Å². The van der Waals surface area contributed by atoms with Crippen molar-refractivity contribution in [3.8, 4) is 0 Å². The highest BCUT2D eigenvalue weighted by molar-refractivity contribution is 9.10. The third-order valence-electron chi connectivity index (χ3n) is 2.06. The number of hydrogen-bond acceptors (Lipinski definition) is 4. The second-order valence-corrected chi connectivity index (χ2v) is 6.32. The molecule has 1 atom stereocenters. The molecule has 0 bridgehead atoms. The van der Waals surface area contributed by atoms with Crippen LogP contribution in [0.15, 0.2) is 22.1 Å². The topological polar surface area (TPSA) is 33.1 Å². The van der Waals surface area contributed by atoms with Crippen LogP contribution >= 0.6 is 38.6 Å². The molecule has 1 unspecified atom stereocenters. The van der Waals surface area contributed by atoms with Crippen LogP contribution in [-0.4, -0.2) is 10.1 Å². The summed E-state index contributed by atoms with van der Waals surface area (Å²) in [4.78, 5) is 6.35. The summed E-state index contributed by atoms with van der Waals surface area (Å²) in [5, 5.41) is 12.9. The molecular weight excluding hydrogens is 294 g/mol. The van der Waals surface area contributed by atoms with Crippen molar-refractivity contribution in [2.45, 2.75) is 19.4 Å². The molecule has 0 aromatic carbocycles. The van der Waals surface area contributed by atoms with Crippen molar-refractivity contribution < 1.29 is 5.11 Å². The van der Waals surface area contributed by atoms with Crippen LogP contribution < -0.4 is 0 Å². The number of aliphatic hydroxyl groups is 1. The second-order valence-electron chi connectivity index (χ2n) is 3.20. The Morgan fingerprint density at radius 1 is 1.60 bits per heavy atom. The maximum Gasteiger partial charge on any atom is 0.0954 e. The van der Waals surface area contributed by atoms with Gasteiger partial charge in [-0.3, -0.25) is 0 Å². The number of halogens is 1. The van der Waals surface area contributed by atoms with E-state index >= 15 is 0 Å². The Bertz CT molecular complexity index is 419. The van der Waals surface area contributed by atoms with Gasteiger partial charge in [0.15, 0.2) is 0 Å². The number of rotatable bonds is 3. The molecule has 2 heterocycles. The lowest BCUT2D eigenvalue weighted by atomic mass is 10.2. The fourth-order valence-electron chi connectivity index (χ4n) is 1.27. The van der Waals surface area contributed by atoms with Crippen LogP contribution in [-0.2, 0) is 6.42 Å². The minimum Gasteiger partial charge on any atom is -0.387 e. The smallest absolute Gasteiger partial charge is 0.0954 e. The summed E-state index contributed by atoms with van der Waals surface area (Å²) in [6, 6.07) is 1.98. The van der Waals surface area contributed by atoms with Crippen molar-refractivity contribution in [2.24, 2.45) is 0 Å². The quantitative estimate of drug-likeness (QED) is 0.940. The zero-order valence-electron chi connectivity index (χ0n) is 8.11. The number of thiophene rings is 1. The molecule has 80 valence electrons. The number of hydrogen-bond donors (Lipinski definition) is 1. The van der Waals surface area contributed by atoms with Crippen molar-refractivity contribution in [1.29, 1.82) is 0 Å².